The molecule has 2 N–H and O–H groups in total. The molecule has 1 aliphatic rings. The van der Waals surface area contributed by atoms with Crippen molar-refractivity contribution >= 4 is 0 Å². The van der Waals surface area contributed by atoms with Crippen LogP contribution in [0.2, 0.25) is 0 Å². The molecular formula is C11H20N2. The van der Waals surface area contributed by atoms with E-state index in [1.165, 1.54) is 18.4 Å². The number of likely N-dealkylation sites (N-methyl/N-ethyl adjacent to an activating group) is 1. The minimum absolute atomic E-state index is 0.268. The average Bonchev–Trinajstić information content (AvgIpc) is 2.04. The van der Waals surface area contributed by atoms with E-state index in [1.54, 1.807) is 0 Å². The van der Waals surface area contributed by atoms with Crippen molar-refractivity contribution in [3.63, 3.8) is 0 Å². The summed E-state index contributed by atoms with van der Waals surface area (Å²) in [7, 11) is 4.12. The minimum Gasteiger partial charge on any atom is -0.326 e. The van der Waals surface area contributed by atoms with Crippen LogP contribution in [0.15, 0.2) is 23.8 Å². The standard InChI is InChI=1S/C11H20N2/c1-13(2)9-11(12)8-10-6-4-3-5-7-10/h4,6-7,11H,3,5,8-9,12H2,1-2H3. The Bertz CT molecular complexity index is 204. The molecule has 0 aromatic carbocycles. The van der Waals surface area contributed by atoms with Crippen LogP contribution in [0, 0.1) is 0 Å². The van der Waals surface area contributed by atoms with Crippen molar-refractivity contribution in [2.45, 2.75) is 25.3 Å². The molecule has 0 aromatic heterocycles. The van der Waals surface area contributed by atoms with Crippen LogP contribution in [0.4, 0.5) is 0 Å². The summed E-state index contributed by atoms with van der Waals surface area (Å²) < 4.78 is 0. The van der Waals surface area contributed by atoms with Gasteiger partial charge >= 0.3 is 0 Å². The molecular weight excluding hydrogens is 160 g/mol. The Labute approximate surface area is 81.1 Å². The first-order chi connectivity index (χ1) is 6.18. The third-order valence-electron chi connectivity index (χ3n) is 2.17. The van der Waals surface area contributed by atoms with Crippen LogP contribution in [-0.2, 0) is 0 Å². The van der Waals surface area contributed by atoms with Crippen LogP contribution in [0.3, 0.4) is 0 Å². The molecule has 0 radical (unpaired) electrons. The van der Waals surface area contributed by atoms with Gasteiger partial charge in [0.05, 0.1) is 0 Å². The number of nitrogens with zero attached hydrogens (tertiary/aromatic N) is 1. The summed E-state index contributed by atoms with van der Waals surface area (Å²) in [5, 5.41) is 0. The maximum atomic E-state index is 5.99. The lowest BCUT2D eigenvalue weighted by molar-refractivity contribution is 0.371. The second-order valence-corrected chi connectivity index (χ2v) is 3.99. The largest absolute Gasteiger partial charge is 0.326 e. The number of hydrogen-bond donors (Lipinski definition) is 1. The highest BCUT2D eigenvalue weighted by Crippen LogP contribution is 2.14. The van der Waals surface area contributed by atoms with E-state index >= 15 is 0 Å². The van der Waals surface area contributed by atoms with E-state index in [0.717, 1.165) is 13.0 Å². The van der Waals surface area contributed by atoms with Gasteiger partial charge < -0.3 is 10.6 Å². The Morgan fingerprint density at radius 2 is 2.23 bits per heavy atom. The topological polar surface area (TPSA) is 29.3 Å². The Balaban J connectivity index is 2.31. The van der Waals surface area contributed by atoms with E-state index in [-0.39, 0.29) is 6.04 Å². The highest BCUT2D eigenvalue weighted by molar-refractivity contribution is 5.22. The van der Waals surface area contributed by atoms with Crippen molar-refractivity contribution in [1.82, 2.24) is 4.90 Å². The summed E-state index contributed by atoms with van der Waals surface area (Å²) in [5.74, 6) is 0. The number of hydrogen-bond acceptors (Lipinski definition) is 2. The molecule has 2 nitrogen and oxygen atoms in total. The summed E-state index contributed by atoms with van der Waals surface area (Å²) >= 11 is 0. The summed E-state index contributed by atoms with van der Waals surface area (Å²) in [6.45, 7) is 0.963. The van der Waals surface area contributed by atoms with E-state index < -0.39 is 0 Å². The van der Waals surface area contributed by atoms with Gasteiger partial charge in [0.2, 0.25) is 0 Å². The lowest BCUT2D eigenvalue weighted by Gasteiger charge is -2.18. The smallest absolute Gasteiger partial charge is 0.0208 e. The maximum Gasteiger partial charge on any atom is 0.0208 e. The van der Waals surface area contributed by atoms with E-state index in [9.17, 15) is 0 Å². The Morgan fingerprint density at radius 3 is 2.77 bits per heavy atom. The third-order valence-corrected chi connectivity index (χ3v) is 2.17. The molecule has 0 aliphatic heterocycles. The van der Waals surface area contributed by atoms with E-state index in [1.807, 2.05) is 0 Å². The van der Waals surface area contributed by atoms with Crippen LogP contribution < -0.4 is 5.73 Å². The van der Waals surface area contributed by atoms with Crippen molar-refractivity contribution in [1.29, 1.82) is 0 Å². The summed E-state index contributed by atoms with van der Waals surface area (Å²) in [6, 6.07) is 0.268. The highest BCUT2D eigenvalue weighted by atomic mass is 15.1. The highest BCUT2D eigenvalue weighted by Gasteiger charge is 2.06. The molecule has 13 heavy (non-hydrogen) atoms. The van der Waals surface area contributed by atoms with Crippen molar-refractivity contribution < 1.29 is 0 Å². The minimum atomic E-state index is 0.268. The van der Waals surface area contributed by atoms with Crippen molar-refractivity contribution in [2.75, 3.05) is 20.6 Å². The van der Waals surface area contributed by atoms with Gasteiger partial charge in [0.25, 0.3) is 0 Å². The molecule has 0 amide bonds. The fraction of sp³-hybridized carbons (Fsp3) is 0.636. The molecule has 0 fully saturated rings. The van der Waals surface area contributed by atoms with Crippen LogP contribution >= 0.6 is 0 Å². The first-order valence-electron chi connectivity index (χ1n) is 4.94. The number of rotatable bonds is 4. The molecule has 0 bridgehead atoms. The van der Waals surface area contributed by atoms with Crippen LogP contribution in [-0.4, -0.2) is 31.6 Å². The third kappa shape index (κ3) is 4.25. The van der Waals surface area contributed by atoms with Gasteiger partial charge in [-0.1, -0.05) is 23.8 Å². The predicted octanol–water partition coefficient (Wildman–Crippen LogP) is 1.54. The zero-order chi connectivity index (χ0) is 9.68. The van der Waals surface area contributed by atoms with E-state index in [4.69, 9.17) is 5.73 Å². The van der Waals surface area contributed by atoms with Crippen LogP contribution in [0.25, 0.3) is 0 Å². The first kappa shape index (κ1) is 10.5. The summed E-state index contributed by atoms with van der Waals surface area (Å²) in [5.41, 5.74) is 7.39. The zero-order valence-corrected chi connectivity index (χ0v) is 8.66. The average molecular weight is 180 g/mol. The Hall–Kier alpha value is -0.600. The molecule has 1 unspecified atom stereocenters. The summed E-state index contributed by atoms with van der Waals surface area (Å²) in [6.07, 6.45) is 10.1. The fourth-order valence-corrected chi connectivity index (χ4v) is 1.66. The molecule has 0 saturated heterocycles. The molecule has 1 atom stereocenters. The second kappa shape index (κ2) is 5.20. The molecule has 1 aliphatic carbocycles. The quantitative estimate of drug-likeness (QED) is 0.711. The van der Waals surface area contributed by atoms with Gasteiger partial charge in [0, 0.05) is 12.6 Å². The molecule has 0 saturated carbocycles. The molecule has 2 heteroatoms. The fourth-order valence-electron chi connectivity index (χ4n) is 1.66. The number of nitrogens with two attached hydrogens (primary N) is 1. The normalized spacial score (nSPS) is 18.9. The molecule has 0 heterocycles. The van der Waals surface area contributed by atoms with Gasteiger partial charge in [0.1, 0.15) is 0 Å². The Kier molecular flexibility index (Phi) is 4.19. The maximum absolute atomic E-state index is 5.99. The molecule has 74 valence electrons. The zero-order valence-electron chi connectivity index (χ0n) is 8.66. The van der Waals surface area contributed by atoms with E-state index in [2.05, 4.69) is 37.2 Å². The predicted molar refractivity (Wildman–Crippen MR) is 57.6 cm³/mol. The van der Waals surface area contributed by atoms with Gasteiger partial charge in [0.15, 0.2) is 0 Å². The van der Waals surface area contributed by atoms with Crippen LogP contribution in [0.1, 0.15) is 19.3 Å². The molecule has 0 aromatic rings. The Morgan fingerprint density at radius 1 is 1.46 bits per heavy atom. The van der Waals surface area contributed by atoms with Gasteiger partial charge in [-0.3, -0.25) is 0 Å². The van der Waals surface area contributed by atoms with E-state index in [0.29, 0.717) is 0 Å². The first-order valence-corrected chi connectivity index (χ1v) is 4.94. The SMILES string of the molecule is CN(C)CC(N)CC1=CCCC=C1. The molecule has 0 spiro atoms. The number of allylic oxidation sites excluding steroid dienone is 3. The van der Waals surface area contributed by atoms with Gasteiger partial charge in [-0.25, -0.2) is 0 Å². The van der Waals surface area contributed by atoms with Crippen molar-refractivity contribution in [3.05, 3.63) is 23.8 Å². The van der Waals surface area contributed by atoms with Crippen LogP contribution in [0.5, 0.6) is 0 Å². The monoisotopic (exact) mass is 180 g/mol. The van der Waals surface area contributed by atoms with Gasteiger partial charge in [-0.05, 0) is 33.4 Å². The lowest BCUT2D eigenvalue weighted by atomic mass is 10.0. The van der Waals surface area contributed by atoms with Crippen molar-refractivity contribution in [3.8, 4) is 0 Å². The summed E-state index contributed by atoms with van der Waals surface area (Å²) in [4.78, 5) is 2.14. The second-order valence-electron chi connectivity index (χ2n) is 3.99. The van der Waals surface area contributed by atoms with Crippen molar-refractivity contribution in [2.24, 2.45) is 5.73 Å². The van der Waals surface area contributed by atoms with Gasteiger partial charge in [-0.15, -0.1) is 0 Å². The lowest BCUT2D eigenvalue weighted by Crippen LogP contribution is -2.33. The van der Waals surface area contributed by atoms with Gasteiger partial charge in [-0.2, -0.15) is 0 Å². The molecule has 1 rings (SSSR count).